The lowest BCUT2D eigenvalue weighted by molar-refractivity contribution is 0.181. The smallest absolute Gasteiger partial charge is 0.0651 e. The average molecular weight is 143 g/mol. The topological polar surface area (TPSA) is 21.3 Å². The van der Waals surface area contributed by atoms with Gasteiger partial charge in [0, 0.05) is 13.2 Å². The Morgan fingerprint density at radius 3 is 2.80 bits per heavy atom. The fourth-order valence-electron chi connectivity index (χ4n) is 0.720. The molecule has 2 nitrogen and oxygen atoms in total. The van der Waals surface area contributed by atoms with Gasteiger partial charge in [-0.2, -0.15) is 0 Å². The fourth-order valence-corrected chi connectivity index (χ4v) is 0.720. The van der Waals surface area contributed by atoms with Crippen molar-refractivity contribution in [2.75, 3.05) is 20.3 Å². The molecule has 0 aliphatic heterocycles. The standard InChI is InChI=1S/C8H17NO/c1-4-6-9-8(5-2)7-10-3/h5,8-9H,2,4,6-7H2,1,3H3. The van der Waals surface area contributed by atoms with Crippen LogP contribution in [-0.2, 0) is 4.74 Å². The first-order valence-electron chi connectivity index (χ1n) is 3.70. The van der Waals surface area contributed by atoms with Crippen molar-refractivity contribution in [1.29, 1.82) is 0 Å². The number of hydrogen-bond acceptors (Lipinski definition) is 2. The van der Waals surface area contributed by atoms with Gasteiger partial charge in [-0.05, 0) is 13.0 Å². The summed E-state index contributed by atoms with van der Waals surface area (Å²) < 4.78 is 4.96. The van der Waals surface area contributed by atoms with E-state index < -0.39 is 0 Å². The van der Waals surface area contributed by atoms with Crippen molar-refractivity contribution in [2.24, 2.45) is 0 Å². The number of ether oxygens (including phenoxy) is 1. The Balaban J connectivity index is 3.29. The minimum absolute atomic E-state index is 0.310. The third-order valence-corrected chi connectivity index (χ3v) is 1.29. The highest BCUT2D eigenvalue weighted by molar-refractivity contribution is 4.84. The molecule has 0 saturated heterocycles. The maximum absolute atomic E-state index is 4.96. The van der Waals surface area contributed by atoms with Crippen molar-refractivity contribution < 1.29 is 4.74 Å². The van der Waals surface area contributed by atoms with Gasteiger partial charge in [-0.1, -0.05) is 13.0 Å². The molecule has 0 heterocycles. The van der Waals surface area contributed by atoms with Gasteiger partial charge in [0.25, 0.3) is 0 Å². The van der Waals surface area contributed by atoms with E-state index in [-0.39, 0.29) is 0 Å². The quantitative estimate of drug-likeness (QED) is 0.564. The van der Waals surface area contributed by atoms with Crippen LogP contribution in [0.4, 0.5) is 0 Å². The van der Waals surface area contributed by atoms with Crippen molar-refractivity contribution in [3.05, 3.63) is 12.7 Å². The molecule has 0 aromatic heterocycles. The number of nitrogens with one attached hydrogen (secondary N) is 1. The fraction of sp³-hybridized carbons (Fsp3) is 0.750. The van der Waals surface area contributed by atoms with Gasteiger partial charge < -0.3 is 10.1 Å². The predicted molar refractivity (Wildman–Crippen MR) is 44.2 cm³/mol. The van der Waals surface area contributed by atoms with Gasteiger partial charge in [0.1, 0.15) is 0 Å². The minimum atomic E-state index is 0.310. The summed E-state index contributed by atoms with van der Waals surface area (Å²) in [4.78, 5) is 0. The zero-order valence-electron chi connectivity index (χ0n) is 6.89. The van der Waals surface area contributed by atoms with Crippen molar-refractivity contribution in [2.45, 2.75) is 19.4 Å². The predicted octanol–water partition coefficient (Wildman–Crippen LogP) is 1.19. The largest absolute Gasteiger partial charge is 0.383 e. The van der Waals surface area contributed by atoms with Gasteiger partial charge >= 0.3 is 0 Å². The lowest BCUT2D eigenvalue weighted by Gasteiger charge is -2.11. The van der Waals surface area contributed by atoms with Gasteiger partial charge in [-0.3, -0.25) is 0 Å². The van der Waals surface area contributed by atoms with Gasteiger partial charge in [-0.15, -0.1) is 6.58 Å². The Morgan fingerprint density at radius 2 is 2.40 bits per heavy atom. The summed E-state index contributed by atoms with van der Waals surface area (Å²) in [7, 11) is 1.70. The van der Waals surface area contributed by atoms with Crippen molar-refractivity contribution >= 4 is 0 Å². The van der Waals surface area contributed by atoms with Crippen LogP contribution in [0.1, 0.15) is 13.3 Å². The Morgan fingerprint density at radius 1 is 1.70 bits per heavy atom. The highest BCUT2D eigenvalue weighted by Gasteiger charge is 1.98. The van der Waals surface area contributed by atoms with Crippen LogP contribution in [0.2, 0.25) is 0 Å². The Kier molecular flexibility index (Phi) is 6.55. The maximum Gasteiger partial charge on any atom is 0.0651 e. The molecule has 0 rings (SSSR count). The van der Waals surface area contributed by atoms with E-state index in [1.807, 2.05) is 6.08 Å². The Hall–Kier alpha value is -0.340. The Labute approximate surface area is 63.3 Å². The summed E-state index contributed by atoms with van der Waals surface area (Å²) in [6.45, 7) is 7.57. The first kappa shape index (κ1) is 9.66. The molecule has 0 bridgehead atoms. The number of hydrogen-bond donors (Lipinski definition) is 1. The molecule has 0 aromatic carbocycles. The van der Waals surface area contributed by atoms with E-state index in [0.717, 1.165) is 13.0 Å². The van der Waals surface area contributed by atoms with Crippen molar-refractivity contribution in [3.63, 3.8) is 0 Å². The van der Waals surface area contributed by atoms with E-state index in [4.69, 9.17) is 4.74 Å². The zero-order chi connectivity index (χ0) is 7.82. The Bertz CT molecular complexity index is 83.3. The van der Waals surface area contributed by atoms with E-state index in [9.17, 15) is 0 Å². The monoisotopic (exact) mass is 143 g/mol. The van der Waals surface area contributed by atoms with Crippen LogP contribution in [0, 0.1) is 0 Å². The summed E-state index contributed by atoms with van der Waals surface area (Å²) in [6.07, 6.45) is 3.02. The SMILES string of the molecule is C=CC(COC)NCCC. The molecule has 0 aromatic rings. The second kappa shape index (κ2) is 6.78. The van der Waals surface area contributed by atoms with Crippen LogP contribution < -0.4 is 5.32 Å². The normalized spacial score (nSPS) is 13.0. The molecule has 1 atom stereocenters. The molecule has 2 heteroatoms. The van der Waals surface area contributed by atoms with Gasteiger partial charge in [0.15, 0.2) is 0 Å². The van der Waals surface area contributed by atoms with Gasteiger partial charge in [-0.25, -0.2) is 0 Å². The van der Waals surface area contributed by atoms with E-state index >= 15 is 0 Å². The molecular weight excluding hydrogens is 126 g/mol. The number of rotatable bonds is 6. The molecule has 0 aliphatic carbocycles. The molecule has 0 spiro atoms. The first-order valence-corrected chi connectivity index (χ1v) is 3.70. The summed E-state index contributed by atoms with van der Waals surface area (Å²) in [5.74, 6) is 0. The van der Waals surface area contributed by atoms with E-state index in [1.54, 1.807) is 7.11 Å². The van der Waals surface area contributed by atoms with E-state index in [1.165, 1.54) is 0 Å². The third-order valence-electron chi connectivity index (χ3n) is 1.29. The van der Waals surface area contributed by atoms with E-state index in [2.05, 4.69) is 18.8 Å². The molecule has 0 radical (unpaired) electrons. The lowest BCUT2D eigenvalue weighted by Crippen LogP contribution is -2.31. The second-order valence-electron chi connectivity index (χ2n) is 2.25. The molecule has 0 amide bonds. The molecular formula is C8H17NO. The molecule has 60 valence electrons. The zero-order valence-corrected chi connectivity index (χ0v) is 6.89. The molecule has 0 saturated carbocycles. The highest BCUT2D eigenvalue weighted by Crippen LogP contribution is 1.85. The second-order valence-corrected chi connectivity index (χ2v) is 2.25. The van der Waals surface area contributed by atoms with Crippen LogP contribution in [0.3, 0.4) is 0 Å². The van der Waals surface area contributed by atoms with Crippen molar-refractivity contribution in [1.82, 2.24) is 5.32 Å². The number of methoxy groups -OCH3 is 1. The molecule has 1 N–H and O–H groups in total. The summed E-state index contributed by atoms with van der Waals surface area (Å²) >= 11 is 0. The molecule has 1 unspecified atom stereocenters. The van der Waals surface area contributed by atoms with Crippen LogP contribution in [0.15, 0.2) is 12.7 Å². The summed E-state index contributed by atoms with van der Waals surface area (Å²) in [5.41, 5.74) is 0. The molecule has 10 heavy (non-hydrogen) atoms. The summed E-state index contributed by atoms with van der Waals surface area (Å²) in [5, 5.41) is 3.28. The third kappa shape index (κ3) is 4.53. The van der Waals surface area contributed by atoms with Gasteiger partial charge in [0.05, 0.1) is 6.61 Å². The maximum atomic E-state index is 4.96. The minimum Gasteiger partial charge on any atom is -0.383 e. The van der Waals surface area contributed by atoms with Crippen LogP contribution in [0.5, 0.6) is 0 Å². The lowest BCUT2D eigenvalue weighted by atomic mass is 10.3. The van der Waals surface area contributed by atoms with E-state index in [0.29, 0.717) is 12.6 Å². The highest BCUT2D eigenvalue weighted by atomic mass is 16.5. The van der Waals surface area contributed by atoms with Gasteiger partial charge in [0.2, 0.25) is 0 Å². The first-order chi connectivity index (χ1) is 4.85. The van der Waals surface area contributed by atoms with Crippen molar-refractivity contribution in [3.8, 4) is 0 Å². The molecule has 0 aliphatic rings. The van der Waals surface area contributed by atoms with Crippen LogP contribution in [-0.4, -0.2) is 26.3 Å². The van der Waals surface area contributed by atoms with Crippen LogP contribution >= 0.6 is 0 Å². The van der Waals surface area contributed by atoms with Crippen LogP contribution in [0.25, 0.3) is 0 Å². The molecule has 0 fully saturated rings. The average Bonchev–Trinajstić information content (AvgIpc) is 1.98. The summed E-state index contributed by atoms with van der Waals surface area (Å²) in [6, 6.07) is 0.310.